The second kappa shape index (κ2) is 5.79. The van der Waals surface area contributed by atoms with Crippen LogP contribution in [0.2, 0.25) is 0 Å². The highest BCUT2D eigenvalue weighted by Crippen LogP contribution is 2.25. The molecule has 3 rings (SSSR count). The van der Waals surface area contributed by atoms with Crippen LogP contribution >= 0.6 is 0 Å². The maximum Gasteiger partial charge on any atom is 0.262 e. The molecular weight excluding hydrogens is 324 g/mol. The van der Waals surface area contributed by atoms with Crippen LogP contribution in [0.1, 0.15) is 16.8 Å². The molecule has 0 aliphatic carbocycles. The van der Waals surface area contributed by atoms with Crippen molar-refractivity contribution in [3.8, 4) is 0 Å². The molecule has 5 nitrogen and oxygen atoms in total. The highest BCUT2D eigenvalue weighted by atomic mass is 32.2. The molecule has 0 unspecified atom stereocenters. The van der Waals surface area contributed by atoms with Gasteiger partial charge in [-0.3, -0.25) is 4.72 Å². The number of hydrogen-bond acceptors (Lipinski definition) is 3. The number of fused-ring (bicyclic) bond motifs is 1. The fourth-order valence-corrected chi connectivity index (χ4v) is 3.67. The van der Waals surface area contributed by atoms with Crippen LogP contribution in [0.3, 0.4) is 0 Å². The van der Waals surface area contributed by atoms with E-state index in [0.717, 1.165) is 15.9 Å². The predicted molar refractivity (Wildman–Crippen MR) is 94.4 cm³/mol. The molecule has 0 radical (unpaired) electrons. The second-order valence-corrected chi connectivity index (χ2v) is 7.62. The van der Waals surface area contributed by atoms with Gasteiger partial charge in [-0.05, 0) is 49.7 Å². The van der Waals surface area contributed by atoms with Gasteiger partial charge in [-0.15, -0.1) is 0 Å². The molecule has 1 N–H and O–H groups in total. The Kier molecular flexibility index (Phi) is 3.93. The summed E-state index contributed by atoms with van der Waals surface area (Å²) in [7, 11) is -3.77. The number of aromatic nitrogens is 1. The Labute approximate surface area is 141 Å². The van der Waals surface area contributed by atoms with Crippen molar-refractivity contribution >= 4 is 26.6 Å². The monoisotopic (exact) mass is 342 g/mol. The zero-order chi connectivity index (χ0) is 17.5. The van der Waals surface area contributed by atoms with E-state index in [-0.39, 0.29) is 10.6 Å². The molecule has 124 valence electrons. The molecule has 0 amide bonds. The summed E-state index contributed by atoms with van der Waals surface area (Å²) in [6, 6.07) is 13.6. The van der Waals surface area contributed by atoms with Crippen molar-refractivity contribution in [2.45, 2.75) is 25.7 Å². The number of rotatable bonds is 3. The van der Waals surface area contributed by atoms with Crippen molar-refractivity contribution in [1.29, 1.82) is 0 Å². The van der Waals surface area contributed by atoms with Crippen LogP contribution in [-0.2, 0) is 10.0 Å². The van der Waals surface area contributed by atoms with Crippen LogP contribution < -0.4 is 9.45 Å². The van der Waals surface area contributed by atoms with E-state index in [2.05, 4.69) is 4.72 Å². The van der Waals surface area contributed by atoms with Gasteiger partial charge < -0.3 is 5.21 Å². The van der Waals surface area contributed by atoms with Crippen molar-refractivity contribution in [2.24, 2.45) is 0 Å². The van der Waals surface area contributed by atoms with Gasteiger partial charge in [-0.25, -0.2) is 8.42 Å². The summed E-state index contributed by atoms with van der Waals surface area (Å²) in [5.41, 5.74) is 2.94. The van der Waals surface area contributed by atoms with Gasteiger partial charge in [0.1, 0.15) is 5.69 Å². The Morgan fingerprint density at radius 1 is 0.917 bits per heavy atom. The third-order valence-electron chi connectivity index (χ3n) is 3.89. The Hall–Kier alpha value is -2.60. The van der Waals surface area contributed by atoms with Gasteiger partial charge in [0, 0.05) is 13.0 Å². The van der Waals surface area contributed by atoms with E-state index in [1.807, 2.05) is 26.0 Å². The van der Waals surface area contributed by atoms with Crippen LogP contribution in [0.5, 0.6) is 0 Å². The molecule has 24 heavy (non-hydrogen) atoms. The fourth-order valence-electron chi connectivity index (χ4n) is 2.61. The minimum absolute atomic E-state index is 0.160. The van der Waals surface area contributed by atoms with Crippen molar-refractivity contribution in [2.75, 3.05) is 4.72 Å². The largest absolute Gasteiger partial charge is 0.618 e. The van der Waals surface area contributed by atoms with Crippen LogP contribution in [0.25, 0.3) is 10.9 Å². The van der Waals surface area contributed by atoms with E-state index >= 15 is 0 Å². The Balaban J connectivity index is 2.16. The van der Waals surface area contributed by atoms with Gasteiger partial charge in [0.2, 0.25) is 5.52 Å². The van der Waals surface area contributed by atoms with Gasteiger partial charge in [0.05, 0.1) is 10.3 Å². The van der Waals surface area contributed by atoms with Crippen LogP contribution in [0.15, 0.2) is 53.4 Å². The maximum absolute atomic E-state index is 12.6. The molecule has 3 aromatic rings. The molecule has 0 saturated heterocycles. The zero-order valence-electron chi connectivity index (χ0n) is 13.7. The van der Waals surface area contributed by atoms with Gasteiger partial charge in [-0.1, -0.05) is 17.7 Å². The zero-order valence-corrected chi connectivity index (χ0v) is 14.5. The first-order valence-electron chi connectivity index (χ1n) is 7.51. The van der Waals surface area contributed by atoms with Crippen molar-refractivity contribution < 1.29 is 13.1 Å². The highest BCUT2D eigenvalue weighted by molar-refractivity contribution is 7.92. The number of aryl methyl sites for hydroxylation is 3. The van der Waals surface area contributed by atoms with E-state index in [0.29, 0.717) is 16.6 Å². The summed E-state index contributed by atoms with van der Waals surface area (Å²) in [5, 5.41) is 13.1. The van der Waals surface area contributed by atoms with E-state index < -0.39 is 10.0 Å². The molecule has 0 aliphatic rings. The van der Waals surface area contributed by atoms with Gasteiger partial charge in [0.15, 0.2) is 5.69 Å². The molecule has 1 aromatic heterocycles. The van der Waals surface area contributed by atoms with Crippen molar-refractivity contribution in [3.05, 3.63) is 70.6 Å². The van der Waals surface area contributed by atoms with E-state index in [1.54, 1.807) is 43.3 Å². The SMILES string of the molecule is Cc1ccc(S(=O)(=O)Nc2cc(C)cc3ccc(C)[n+]([O-])c23)cc1. The third kappa shape index (κ3) is 2.92. The minimum Gasteiger partial charge on any atom is -0.618 e. The lowest BCUT2D eigenvalue weighted by atomic mass is 10.1. The molecule has 0 atom stereocenters. The van der Waals surface area contributed by atoms with E-state index in [1.165, 1.54) is 0 Å². The van der Waals surface area contributed by atoms with Crippen LogP contribution in [0, 0.1) is 26.0 Å². The number of nitrogens with zero attached hydrogens (tertiary/aromatic N) is 1. The molecule has 0 saturated carbocycles. The Morgan fingerprint density at radius 2 is 1.58 bits per heavy atom. The van der Waals surface area contributed by atoms with Gasteiger partial charge in [-0.2, -0.15) is 4.73 Å². The molecular formula is C18H18N2O3S. The Bertz CT molecular complexity index is 1030. The highest BCUT2D eigenvalue weighted by Gasteiger charge is 2.20. The number of benzene rings is 2. The van der Waals surface area contributed by atoms with Gasteiger partial charge >= 0.3 is 0 Å². The number of hydrogen-bond donors (Lipinski definition) is 1. The predicted octanol–water partition coefficient (Wildman–Crippen LogP) is 3.20. The molecule has 0 spiro atoms. The normalized spacial score (nSPS) is 11.6. The quantitative estimate of drug-likeness (QED) is 0.587. The summed E-state index contributed by atoms with van der Waals surface area (Å²) in [6.45, 7) is 5.43. The van der Waals surface area contributed by atoms with Crippen molar-refractivity contribution in [3.63, 3.8) is 0 Å². The molecule has 2 aromatic carbocycles. The number of pyridine rings is 1. The summed E-state index contributed by atoms with van der Waals surface area (Å²) < 4.78 is 28.6. The van der Waals surface area contributed by atoms with Crippen LogP contribution in [0.4, 0.5) is 5.69 Å². The first-order chi connectivity index (χ1) is 11.3. The summed E-state index contributed by atoms with van der Waals surface area (Å²) in [4.78, 5) is 0.160. The minimum atomic E-state index is -3.77. The average molecular weight is 342 g/mol. The maximum atomic E-state index is 12.6. The first-order valence-corrected chi connectivity index (χ1v) is 8.99. The van der Waals surface area contributed by atoms with Crippen molar-refractivity contribution in [1.82, 2.24) is 0 Å². The number of nitrogens with one attached hydrogen (secondary N) is 1. The first kappa shape index (κ1) is 16.3. The smallest absolute Gasteiger partial charge is 0.262 e. The Morgan fingerprint density at radius 3 is 2.25 bits per heavy atom. The molecule has 0 aliphatic heterocycles. The van der Waals surface area contributed by atoms with Gasteiger partial charge in [0.25, 0.3) is 10.0 Å². The average Bonchev–Trinajstić information content (AvgIpc) is 2.50. The number of anilines is 1. The lowest BCUT2D eigenvalue weighted by Gasteiger charge is -2.13. The van der Waals surface area contributed by atoms with E-state index in [4.69, 9.17) is 0 Å². The van der Waals surface area contributed by atoms with Crippen LogP contribution in [-0.4, -0.2) is 8.42 Å². The molecule has 1 heterocycles. The van der Waals surface area contributed by atoms with E-state index in [9.17, 15) is 13.6 Å². The third-order valence-corrected chi connectivity index (χ3v) is 5.27. The summed E-state index contributed by atoms with van der Waals surface area (Å²) in [5.74, 6) is 0. The second-order valence-electron chi connectivity index (χ2n) is 5.94. The lowest BCUT2D eigenvalue weighted by Crippen LogP contribution is -2.32. The summed E-state index contributed by atoms with van der Waals surface area (Å²) in [6.07, 6.45) is 0. The molecule has 0 bridgehead atoms. The molecule has 6 heteroatoms. The summed E-state index contributed by atoms with van der Waals surface area (Å²) >= 11 is 0. The fraction of sp³-hybridized carbons (Fsp3) is 0.167. The standard InChI is InChI=1S/C18H18N2O3S/c1-12-4-8-16(9-5-12)24(22,23)19-17-11-13(2)10-15-7-6-14(3)20(21)18(15)17/h4-11,19H,1-3H3. The lowest BCUT2D eigenvalue weighted by molar-refractivity contribution is -0.583. The topological polar surface area (TPSA) is 73.1 Å². The molecule has 0 fully saturated rings. The number of sulfonamides is 1.